The van der Waals surface area contributed by atoms with Gasteiger partial charge in [0.15, 0.2) is 0 Å². The number of hydrazine groups is 1. The Hall–Kier alpha value is -0.590. The molecule has 0 saturated heterocycles. The smallest absolute Gasteiger partial charge is 0.0738 e. The zero-order valence-electron chi connectivity index (χ0n) is 11.8. The van der Waals surface area contributed by atoms with Gasteiger partial charge in [-0.2, -0.15) is 5.10 Å². The summed E-state index contributed by atoms with van der Waals surface area (Å²) < 4.78 is 2.96. The standard InChI is InChI=1S/C14H17BrCl2N4/c1-3-21-13(14(15)8(2)20-21)7-12(19-18)10-6-9(16)4-5-11(10)17/h4-6,12,19H,3,7,18H2,1-2H3. The number of hydrogen-bond donors (Lipinski definition) is 2. The Morgan fingerprint density at radius 3 is 2.76 bits per heavy atom. The molecule has 1 aromatic carbocycles. The third-order valence-corrected chi connectivity index (χ3v) is 5.00. The molecular formula is C14H17BrCl2N4. The molecule has 0 spiro atoms. The highest BCUT2D eigenvalue weighted by molar-refractivity contribution is 9.10. The van der Waals surface area contributed by atoms with Crippen LogP contribution in [0.15, 0.2) is 22.7 Å². The number of benzene rings is 1. The molecule has 0 saturated carbocycles. The van der Waals surface area contributed by atoms with E-state index in [-0.39, 0.29) is 6.04 Å². The maximum atomic E-state index is 6.27. The van der Waals surface area contributed by atoms with Gasteiger partial charge in [0.1, 0.15) is 0 Å². The summed E-state index contributed by atoms with van der Waals surface area (Å²) in [5, 5.41) is 5.76. The van der Waals surface area contributed by atoms with Gasteiger partial charge in [-0.3, -0.25) is 16.0 Å². The van der Waals surface area contributed by atoms with Gasteiger partial charge in [0.05, 0.1) is 21.9 Å². The van der Waals surface area contributed by atoms with Gasteiger partial charge in [-0.25, -0.2) is 0 Å². The highest BCUT2D eigenvalue weighted by Crippen LogP contribution is 2.31. The molecule has 0 radical (unpaired) electrons. The largest absolute Gasteiger partial charge is 0.271 e. The topological polar surface area (TPSA) is 55.9 Å². The minimum Gasteiger partial charge on any atom is -0.271 e. The summed E-state index contributed by atoms with van der Waals surface area (Å²) in [6.45, 7) is 4.82. The van der Waals surface area contributed by atoms with Crippen LogP contribution in [0.5, 0.6) is 0 Å². The van der Waals surface area contributed by atoms with Crippen molar-refractivity contribution in [1.29, 1.82) is 0 Å². The maximum Gasteiger partial charge on any atom is 0.0738 e. The number of aryl methyl sites for hydroxylation is 2. The Labute approximate surface area is 142 Å². The van der Waals surface area contributed by atoms with Crippen molar-refractivity contribution in [3.63, 3.8) is 0 Å². The van der Waals surface area contributed by atoms with E-state index in [2.05, 4.69) is 33.4 Å². The van der Waals surface area contributed by atoms with Crippen LogP contribution in [-0.4, -0.2) is 9.78 Å². The quantitative estimate of drug-likeness (QED) is 0.597. The first-order valence-electron chi connectivity index (χ1n) is 6.60. The molecule has 7 heteroatoms. The third kappa shape index (κ3) is 3.60. The molecule has 0 aliphatic carbocycles. The van der Waals surface area contributed by atoms with Gasteiger partial charge in [0, 0.05) is 23.0 Å². The van der Waals surface area contributed by atoms with Crippen LogP contribution in [0, 0.1) is 6.92 Å². The van der Waals surface area contributed by atoms with Gasteiger partial charge < -0.3 is 0 Å². The van der Waals surface area contributed by atoms with Crippen LogP contribution >= 0.6 is 39.1 Å². The van der Waals surface area contributed by atoms with Crippen molar-refractivity contribution in [3.05, 3.63) is 49.7 Å². The molecule has 0 fully saturated rings. The van der Waals surface area contributed by atoms with E-state index >= 15 is 0 Å². The molecule has 0 aliphatic heterocycles. The minimum atomic E-state index is -0.145. The highest BCUT2D eigenvalue weighted by Gasteiger charge is 2.20. The minimum absolute atomic E-state index is 0.145. The molecule has 1 aromatic heterocycles. The highest BCUT2D eigenvalue weighted by atomic mass is 79.9. The van der Waals surface area contributed by atoms with Crippen LogP contribution in [0.1, 0.15) is 29.9 Å². The molecule has 4 nitrogen and oxygen atoms in total. The fraction of sp³-hybridized carbons (Fsp3) is 0.357. The van der Waals surface area contributed by atoms with Crippen molar-refractivity contribution in [3.8, 4) is 0 Å². The van der Waals surface area contributed by atoms with Crippen molar-refractivity contribution in [2.75, 3.05) is 0 Å². The number of nitrogens with zero attached hydrogens (tertiary/aromatic N) is 2. The molecule has 3 N–H and O–H groups in total. The van der Waals surface area contributed by atoms with Crippen molar-refractivity contribution < 1.29 is 0 Å². The molecule has 0 bridgehead atoms. The summed E-state index contributed by atoms with van der Waals surface area (Å²) in [5.74, 6) is 5.72. The van der Waals surface area contributed by atoms with Gasteiger partial charge in [0.2, 0.25) is 0 Å². The van der Waals surface area contributed by atoms with E-state index < -0.39 is 0 Å². The van der Waals surface area contributed by atoms with E-state index in [1.54, 1.807) is 12.1 Å². The first-order valence-corrected chi connectivity index (χ1v) is 8.15. The summed E-state index contributed by atoms with van der Waals surface area (Å²) in [6, 6.07) is 5.23. The molecule has 1 atom stereocenters. The lowest BCUT2D eigenvalue weighted by Crippen LogP contribution is -2.30. The number of nitrogens with one attached hydrogen (secondary N) is 1. The van der Waals surface area contributed by atoms with Crippen LogP contribution in [0.3, 0.4) is 0 Å². The van der Waals surface area contributed by atoms with Crippen molar-refractivity contribution in [2.45, 2.75) is 32.9 Å². The normalized spacial score (nSPS) is 12.7. The second kappa shape index (κ2) is 7.11. The van der Waals surface area contributed by atoms with Gasteiger partial charge in [-0.1, -0.05) is 23.2 Å². The average molecular weight is 392 g/mol. The molecule has 2 aromatic rings. The van der Waals surface area contributed by atoms with E-state index in [9.17, 15) is 0 Å². The summed E-state index contributed by atoms with van der Waals surface area (Å²) in [7, 11) is 0. The Bertz CT molecular complexity index is 642. The number of aromatic nitrogens is 2. The number of rotatable bonds is 5. The number of nitrogens with two attached hydrogens (primary N) is 1. The molecule has 1 unspecified atom stereocenters. The van der Waals surface area contributed by atoms with Crippen LogP contribution < -0.4 is 11.3 Å². The van der Waals surface area contributed by atoms with E-state index in [1.807, 2.05) is 17.7 Å². The Kier molecular flexibility index (Phi) is 5.68. The van der Waals surface area contributed by atoms with Crippen LogP contribution in [-0.2, 0) is 13.0 Å². The Morgan fingerprint density at radius 2 is 2.14 bits per heavy atom. The molecule has 114 valence electrons. The molecule has 0 aliphatic rings. The van der Waals surface area contributed by atoms with Crippen molar-refractivity contribution in [1.82, 2.24) is 15.2 Å². The van der Waals surface area contributed by atoms with E-state index in [0.29, 0.717) is 16.5 Å². The van der Waals surface area contributed by atoms with Crippen LogP contribution in [0.2, 0.25) is 10.0 Å². The molecule has 0 amide bonds. The van der Waals surface area contributed by atoms with Crippen LogP contribution in [0.25, 0.3) is 0 Å². The molecule has 21 heavy (non-hydrogen) atoms. The number of hydrogen-bond acceptors (Lipinski definition) is 3. The van der Waals surface area contributed by atoms with Gasteiger partial charge >= 0.3 is 0 Å². The Morgan fingerprint density at radius 1 is 1.43 bits per heavy atom. The fourth-order valence-corrected chi connectivity index (χ4v) is 3.17. The monoisotopic (exact) mass is 390 g/mol. The molecule has 2 rings (SSSR count). The summed E-state index contributed by atoms with van der Waals surface area (Å²) in [5.41, 5.74) is 5.73. The van der Waals surface area contributed by atoms with Crippen molar-refractivity contribution >= 4 is 39.1 Å². The Balaban J connectivity index is 2.38. The molecule has 1 heterocycles. The zero-order valence-corrected chi connectivity index (χ0v) is 14.9. The first-order chi connectivity index (χ1) is 9.97. The second-order valence-corrected chi connectivity index (χ2v) is 6.39. The van der Waals surface area contributed by atoms with Gasteiger partial charge in [-0.05, 0) is 53.5 Å². The lowest BCUT2D eigenvalue weighted by molar-refractivity contribution is 0.516. The summed E-state index contributed by atoms with van der Waals surface area (Å²) >= 11 is 15.9. The SMILES string of the molecule is CCn1nc(C)c(Br)c1CC(NN)c1cc(Cl)ccc1Cl. The van der Waals surface area contributed by atoms with E-state index in [1.165, 1.54) is 0 Å². The lowest BCUT2D eigenvalue weighted by atomic mass is 10.0. The molecular weight excluding hydrogens is 375 g/mol. The van der Waals surface area contributed by atoms with Gasteiger partial charge in [-0.15, -0.1) is 0 Å². The van der Waals surface area contributed by atoms with Gasteiger partial charge in [0.25, 0.3) is 0 Å². The van der Waals surface area contributed by atoms with Crippen molar-refractivity contribution in [2.24, 2.45) is 5.84 Å². The predicted octanol–water partition coefficient (Wildman–Crippen LogP) is 4.03. The lowest BCUT2D eigenvalue weighted by Gasteiger charge is -2.19. The zero-order chi connectivity index (χ0) is 15.6. The maximum absolute atomic E-state index is 6.27. The average Bonchev–Trinajstić information content (AvgIpc) is 2.74. The predicted molar refractivity (Wildman–Crippen MR) is 90.6 cm³/mol. The third-order valence-electron chi connectivity index (χ3n) is 3.38. The summed E-state index contributed by atoms with van der Waals surface area (Å²) in [4.78, 5) is 0. The fourth-order valence-electron chi connectivity index (χ4n) is 2.30. The second-order valence-electron chi connectivity index (χ2n) is 4.75. The first kappa shape index (κ1) is 16.8. The number of halogens is 3. The summed E-state index contributed by atoms with van der Waals surface area (Å²) in [6.07, 6.45) is 0.659. The van der Waals surface area contributed by atoms with E-state index in [4.69, 9.17) is 29.0 Å². The van der Waals surface area contributed by atoms with E-state index in [0.717, 1.165) is 28.0 Å². The van der Waals surface area contributed by atoms with Crippen LogP contribution in [0.4, 0.5) is 0 Å².